The van der Waals surface area contributed by atoms with Crippen molar-refractivity contribution in [2.75, 3.05) is 33.0 Å². The number of aromatic nitrogens is 1. The molecule has 6 bridgehead atoms. The minimum atomic E-state index is -4.37. The average molecular weight is 849 g/mol. The zero-order chi connectivity index (χ0) is 43.9. The van der Waals surface area contributed by atoms with Crippen LogP contribution in [0.15, 0.2) is 90.6 Å². The third-order valence-corrected chi connectivity index (χ3v) is 13.0. The zero-order valence-electron chi connectivity index (χ0n) is 38.2. The molecule has 4 aromatic rings. The zero-order valence-corrected chi connectivity index (χ0v) is 38.2. The van der Waals surface area contributed by atoms with E-state index in [1.807, 2.05) is 72.8 Å². The molecule has 0 aliphatic carbocycles. The normalized spacial score (nSPS) is 19.0. The summed E-state index contributed by atoms with van der Waals surface area (Å²) in [5, 5.41) is 0. The molecule has 332 valence electrons. The summed E-state index contributed by atoms with van der Waals surface area (Å²) in [4.78, 5) is 0. The number of hydrogen-bond donors (Lipinski definition) is 0. The molecule has 7 rings (SSSR count). The first-order valence-electron chi connectivity index (χ1n) is 23.0. The Balaban J connectivity index is 1.26. The number of hydrogen-bond acceptors (Lipinski definition) is 5. The average Bonchev–Trinajstić information content (AvgIpc) is 3.90. The van der Waals surface area contributed by atoms with Crippen molar-refractivity contribution in [3.05, 3.63) is 130 Å². The van der Waals surface area contributed by atoms with Crippen LogP contribution in [-0.2, 0) is 32.2 Å². The molecule has 0 atom stereocenters. The van der Waals surface area contributed by atoms with Crippen LogP contribution >= 0.6 is 0 Å². The first-order valence-corrected chi connectivity index (χ1v) is 23.0. The molecule has 0 N–H and O–H groups in total. The van der Waals surface area contributed by atoms with Crippen LogP contribution in [0.5, 0.6) is 5.75 Å². The van der Waals surface area contributed by atoms with Crippen LogP contribution in [0.3, 0.4) is 0 Å². The highest BCUT2D eigenvalue weighted by Crippen LogP contribution is 2.45. The Labute approximate surface area is 368 Å². The number of nitrogens with zero attached hydrogens (tertiary/aromatic N) is 2. The van der Waals surface area contributed by atoms with E-state index in [2.05, 4.69) is 60.6 Å². The molecule has 3 aromatic carbocycles. The van der Waals surface area contributed by atoms with E-state index in [0.717, 1.165) is 52.0 Å². The van der Waals surface area contributed by atoms with Crippen LogP contribution in [0.1, 0.15) is 131 Å². The predicted octanol–water partition coefficient (Wildman–Crippen LogP) is 12.4. The van der Waals surface area contributed by atoms with Gasteiger partial charge in [0.1, 0.15) is 5.75 Å². The van der Waals surface area contributed by atoms with E-state index >= 15 is 8.63 Å². The molecule has 0 radical (unpaired) electrons. The van der Waals surface area contributed by atoms with Crippen molar-refractivity contribution >= 4 is 18.3 Å². The van der Waals surface area contributed by atoms with E-state index in [-0.39, 0.29) is 0 Å². The van der Waals surface area contributed by atoms with Crippen LogP contribution in [0.25, 0.3) is 16.8 Å². The predicted molar refractivity (Wildman–Crippen MR) is 247 cm³/mol. The summed E-state index contributed by atoms with van der Waals surface area (Å²) in [5.74, 6) is 0.811. The number of aryl methyl sites for hydroxylation is 2. The van der Waals surface area contributed by atoms with Gasteiger partial charge in [-0.2, -0.15) is 0 Å². The number of fused-ring (bicyclic) bond motifs is 6. The lowest BCUT2D eigenvalue weighted by Crippen LogP contribution is -2.51. The largest absolute Gasteiger partial charge is 0.737 e. The first kappa shape index (κ1) is 45.7. The molecule has 0 saturated heterocycles. The molecule has 0 unspecified atom stereocenters. The lowest BCUT2D eigenvalue weighted by atomic mass is 9.83. The lowest BCUT2D eigenvalue weighted by molar-refractivity contribution is -0.360. The Morgan fingerprint density at radius 3 is 1.87 bits per heavy atom. The van der Waals surface area contributed by atoms with Crippen molar-refractivity contribution in [2.45, 2.75) is 131 Å². The van der Waals surface area contributed by atoms with Crippen molar-refractivity contribution in [1.82, 2.24) is 4.48 Å². The summed E-state index contributed by atoms with van der Waals surface area (Å²) in [6.07, 6.45) is 13.6. The van der Waals surface area contributed by atoms with E-state index in [1.165, 1.54) is 41.1 Å². The molecule has 0 amide bonds. The highest BCUT2D eigenvalue weighted by atomic mass is 19.2. The van der Waals surface area contributed by atoms with Gasteiger partial charge in [0.05, 0.1) is 36.6 Å². The van der Waals surface area contributed by atoms with Crippen LogP contribution in [-0.4, -0.2) is 65.9 Å². The SMILES string of the molecule is CCCCCCCCCOc1cc(C)c(C2=C3C=CC4=[N+]3[B-](F)(F)n3c2ccc3-c2cccc(c2)COCCCOC(C)(C)C(C)(C)OCCCOCc2cccc4c2)c(C)c1. The molecular weight excluding hydrogens is 781 g/mol. The molecule has 0 fully saturated rings. The van der Waals surface area contributed by atoms with Crippen molar-refractivity contribution in [1.29, 1.82) is 0 Å². The molecule has 7 nitrogen and oxygen atoms in total. The standard InChI is InChI=1S/C52H67BF2N2O5/c1-8-9-10-11-12-13-14-29-60-44-32-38(2)49(39(3)33-44)50-47-25-23-45-42-21-15-19-40(34-42)36-58-27-17-30-61-51(4,5)52(6,7)62-31-18-28-59-37-41-20-16-22-43(35-41)46-24-26-48(50)57(46)53(54,55)56(45)47/h15-16,19-26,32-35H,8-14,17-18,27-31,36-37H2,1-7H3. The van der Waals surface area contributed by atoms with Gasteiger partial charge < -0.3 is 41.3 Å². The van der Waals surface area contributed by atoms with Gasteiger partial charge in [0, 0.05) is 55.5 Å². The smallest absolute Gasteiger partial charge is 0.494 e. The summed E-state index contributed by atoms with van der Waals surface area (Å²) in [6.45, 7) is 13.7. The van der Waals surface area contributed by atoms with Gasteiger partial charge in [0.15, 0.2) is 11.4 Å². The van der Waals surface area contributed by atoms with E-state index in [0.29, 0.717) is 93.0 Å². The minimum absolute atomic E-state index is 0.356. The topological polar surface area (TPSA) is 54.1 Å². The van der Waals surface area contributed by atoms with Crippen molar-refractivity contribution in [3.63, 3.8) is 0 Å². The summed E-state index contributed by atoms with van der Waals surface area (Å²) in [6, 6.07) is 23.4. The van der Waals surface area contributed by atoms with E-state index < -0.39 is 18.2 Å². The molecule has 0 spiro atoms. The summed E-state index contributed by atoms with van der Waals surface area (Å²) in [7, 11) is 0. The van der Waals surface area contributed by atoms with Gasteiger partial charge in [-0.25, -0.2) is 0 Å². The molecule has 3 aliphatic heterocycles. The highest BCUT2D eigenvalue weighted by Gasteiger charge is 2.55. The van der Waals surface area contributed by atoms with Gasteiger partial charge in [-0.1, -0.05) is 75.8 Å². The fourth-order valence-corrected chi connectivity index (χ4v) is 8.94. The molecule has 62 heavy (non-hydrogen) atoms. The Morgan fingerprint density at radius 2 is 1.24 bits per heavy atom. The van der Waals surface area contributed by atoms with E-state index in [4.69, 9.17) is 23.7 Å². The van der Waals surface area contributed by atoms with Crippen LogP contribution in [0.4, 0.5) is 8.63 Å². The molecular formula is C52H67BF2N2O5. The molecule has 1 aromatic heterocycles. The molecule has 0 saturated carbocycles. The van der Waals surface area contributed by atoms with Gasteiger partial charge in [-0.15, -0.1) is 0 Å². The Bertz CT molecular complexity index is 2270. The second kappa shape index (κ2) is 20.0. The second-order valence-electron chi connectivity index (χ2n) is 18.2. The fraction of sp³-hybridized carbons (Fsp3) is 0.481. The van der Waals surface area contributed by atoms with Gasteiger partial charge >= 0.3 is 6.97 Å². The van der Waals surface area contributed by atoms with Crippen molar-refractivity contribution < 1.29 is 36.8 Å². The summed E-state index contributed by atoms with van der Waals surface area (Å²) < 4.78 is 69.4. The van der Waals surface area contributed by atoms with Gasteiger partial charge in [-0.05, 0) is 137 Å². The maximum atomic E-state index is 17.8. The van der Waals surface area contributed by atoms with Crippen LogP contribution in [0.2, 0.25) is 0 Å². The number of rotatable bonds is 10. The summed E-state index contributed by atoms with van der Waals surface area (Å²) in [5.41, 5.74) is 7.73. The third kappa shape index (κ3) is 10.0. The molecule has 4 heterocycles. The van der Waals surface area contributed by atoms with Crippen LogP contribution < -0.4 is 4.74 Å². The number of unbranched alkanes of at least 4 members (excludes halogenated alkanes) is 6. The van der Waals surface area contributed by atoms with Gasteiger partial charge in [0.25, 0.3) is 0 Å². The third-order valence-electron chi connectivity index (χ3n) is 13.0. The quantitative estimate of drug-likeness (QED) is 0.118. The van der Waals surface area contributed by atoms with Crippen LogP contribution in [0, 0.1) is 13.8 Å². The maximum absolute atomic E-state index is 17.8. The number of ether oxygens (including phenoxy) is 5. The molecule has 3 aliphatic rings. The van der Waals surface area contributed by atoms with Gasteiger partial charge in [-0.3, -0.25) is 0 Å². The summed E-state index contributed by atoms with van der Waals surface area (Å²) >= 11 is 0. The van der Waals surface area contributed by atoms with Gasteiger partial charge in [0.2, 0.25) is 0 Å². The van der Waals surface area contributed by atoms with E-state index in [1.54, 1.807) is 0 Å². The highest BCUT2D eigenvalue weighted by molar-refractivity contribution is 6.59. The Kier molecular flexibility index (Phi) is 14.7. The van der Waals surface area contributed by atoms with E-state index in [9.17, 15) is 0 Å². The molecule has 10 heteroatoms. The maximum Gasteiger partial charge on any atom is 0.737 e. The first-order chi connectivity index (χ1) is 29.8. The van der Waals surface area contributed by atoms with Crippen molar-refractivity contribution in [3.8, 4) is 17.0 Å². The van der Waals surface area contributed by atoms with Crippen molar-refractivity contribution in [2.24, 2.45) is 0 Å². The number of halogens is 2. The number of benzene rings is 3. The lowest BCUT2D eigenvalue weighted by Gasteiger charge is -2.41. The Hall–Kier alpha value is -4.35. The second-order valence-corrected chi connectivity index (χ2v) is 18.2. The fourth-order valence-electron chi connectivity index (χ4n) is 8.94. The minimum Gasteiger partial charge on any atom is -0.494 e. The Morgan fingerprint density at radius 1 is 0.677 bits per heavy atom. The number of allylic oxidation sites excluding steroid dienone is 2. The monoisotopic (exact) mass is 849 g/mol.